The number of likely N-dealkylation sites (tertiary alicyclic amines) is 1. The van der Waals surface area contributed by atoms with Crippen molar-refractivity contribution in [3.63, 3.8) is 0 Å². The smallest absolute Gasteiger partial charge is 0.310 e. The molecule has 3 saturated heterocycles. The van der Waals surface area contributed by atoms with Gasteiger partial charge in [0.25, 0.3) is 0 Å². The molecule has 37 heavy (non-hydrogen) atoms. The summed E-state index contributed by atoms with van der Waals surface area (Å²) >= 11 is 1.57. The van der Waals surface area contributed by atoms with Crippen LogP contribution in [0.25, 0.3) is 11.0 Å². The molecular formula is C26H31N5O5S. The molecule has 3 aliphatic heterocycles. The quantitative estimate of drug-likeness (QED) is 0.267. The number of amides is 2. The number of fused-ring (bicyclic) bond motifs is 2. The number of hydrogen-bond acceptors (Lipinski definition) is 8. The lowest BCUT2D eigenvalue weighted by Crippen LogP contribution is -2.55. The van der Waals surface area contributed by atoms with Gasteiger partial charge < -0.3 is 19.6 Å². The van der Waals surface area contributed by atoms with Crippen molar-refractivity contribution >= 4 is 40.6 Å². The van der Waals surface area contributed by atoms with Crippen molar-refractivity contribution in [2.45, 2.75) is 42.0 Å². The number of rotatable bonds is 11. The van der Waals surface area contributed by atoms with Crippen LogP contribution in [-0.4, -0.2) is 90.0 Å². The van der Waals surface area contributed by atoms with Gasteiger partial charge in [-0.1, -0.05) is 29.5 Å². The molecule has 10 nitrogen and oxygen atoms in total. The topological polar surface area (TPSA) is 118 Å². The molecule has 1 aromatic heterocycles. The lowest BCUT2D eigenvalue weighted by atomic mass is 9.71. The summed E-state index contributed by atoms with van der Waals surface area (Å²) in [4.78, 5) is 44.2. The SMILES string of the molecule is C=CCCOC(=O)[C@@H]1[C@@H]2CCC3(S2)C(C(=O)N(CC=C)Cn2nnc4ccccc42)N(CCO)C(=O)[C@H]13. The summed E-state index contributed by atoms with van der Waals surface area (Å²) in [6.45, 7) is 7.80. The molecule has 2 bridgehead atoms. The minimum Gasteiger partial charge on any atom is -0.465 e. The van der Waals surface area contributed by atoms with Gasteiger partial charge in [-0.3, -0.25) is 14.4 Å². The molecule has 1 N–H and O–H groups in total. The highest BCUT2D eigenvalue weighted by Gasteiger charge is 2.74. The molecule has 0 aliphatic carbocycles. The third-order valence-corrected chi connectivity index (χ3v) is 9.55. The van der Waals surface area contributed by atoms with E-state index in [1.807, 2.05) is 24.3 Å². The zero-order valence-electron chi connectivity index (χ0n) is 20.6. The van der Waals surface area contributed by atoms with Crippen molar-refractivity contribution in [1.82, 2.24) is 24.8 Å². The van der Waals surface area contributed by atoms with Gasteiger partial charge in [-0.15, -0.1) is 30.0 Å². The Bertz CT molecular complexity index is 1230. The minimum atomic E-state index is -0.812. The molecule has 5 atom stereocenters. The van der Waals surface area contributed by atoms with E-state index >= 15 is 0 Å². The number of β-amino-alcohol motifs (C(OH)–C–C–N with tert-alkyl or cyclic N) is 1. The van der Waals surface area contributed by atoms with E-state index < -0.39 is 28.6 Å². The number of hydrogen-bond donors (Lipinski definition) is 1. The van der Waals surface area contributed by atoms with E-state index in [0.717, 1.165) is 11.9 Å². The number of thioether (sulfide) groups is 1. The third kappa shape index (κ3) is 4.14. The molecule has 11 heteroatoms. The Kier molecular flexibility index (Phi) is 7.09. The number of nitrogens with zero attached hydrogens (tertiary/aromatic N) is 5. The molecule has 1 spiro atoms. The van der Waals surface area contributed by atoms with Crippen LogP contribution >= 0.6 is 11.8 Å². The summed E-state index contributed by atoms with van der Waals surface area (Å²) in [5.74, 6) is -2.18. The third-order valence-electron chi connectivity index (χ3n) is 7.60. The standard InChI is InChI=1S/C26H31N5O5S/c1-3-5-15-36-25(35)20-19-10-11-26(37-19)21(20)23(33)30(13-14-32)22(26)24(34)29(12-4-2)16-31-18-9-7-6-8-17(18)27-28-31/h3-4,6-9,19-22,32H,1-2,5,10-16H2/t19-,20+,21-,22?,26?/m0/s1. The van der Waals surface area contributed by atoms with Crippen molar-refractivity contribution in [3.05, 3.63) is 49.6 Å². The minimum absolute atomic E-state index is 0.0190. The summed E-state index contributed by atoms with van der Waals surface area (Å²) in [7, 11) is 0. The number of aliphatic hydroxyl groups excluding tert-OH is 1. The van der Waals surface area contributed by atoms with Crippen LogP contribution in [0.4, 0.5) is 0 Å². The highest BCUT2D eigenvalue weighted by atomic mass is 32.2. The second kappa shape index (κ2) is 10.3. The van der Waals surface area contributed by atoms with Crippen LogP contribution in [0.5, 0.6) is 0 Å². The second-order valence-electron chi connectivity index (χ2n) is 9.62. The van der Waals surface area contributed by atoms with Crippen molar-refractivity contribution in [1.29, 1.82) is 0 Å². The Morgan fingerprint density at radius 1 is 1.30 bits per heavy atom. The van der Waals surface area contributed by atoms with Crippen LogP contribution in [-0.2, 0) is 25.8 Å². The van der Waals surface area contributed by atoms with Crippen molar-refractivity contribution in [3.8, 4) is 0 Å². The number of ether oxygens (including phenoxy) is 1. The first-order chi connectivity index (χ1) is 18.0. The Balaban J connectivity index is 1.47. The van der Waals surface area contributed by atoms with Gasteiger partial charge in [0, 0.05) is 18.3 Å². The first kappa shape index (κ1) is 25.5. The van der Waals surface area contributed by atoms with Crippen molar-refractivity contribution in [2.75, 3.05) is 26.3 Å². The van der Waals surface area contributed by atoms with Gasteiger partial charge in [-0.25, -0.2) is 4.68 Å². The fraction of sp³-hybridized carbons (Fsp3) is 0.500. The van der Waals surface area contributed by atoms with Gasteiger partial charge in [0.15, 0.2) is 0 Å². The molecule has 1 aromatic carbocycles. The first-order valence-electron chi connectivity index (χ1n) is 12.5. The van der Waals surface area contributed by atoms with Crippen LogP contribution in [0.3, 0.4) is 0 Å². The van der Waals surface area contributed by atoms with E-state index in [2.05, 4.69) is 23.5 Å². The number of carbonyl (C=O) groups excluding carboxylic acids is 3. The zero-order chi connectivity index (χ0) is 26.2. The monoisotopic (exact) mass is 525 g/mol. The number of aromatic nitrogens is 3. The maximum atomic E-state index is 14.2. The lowest BCUT2D eigenvalue weighted by Gasteiger charge is -2.37. The maximum absolute atomic E-state index is 14.2. The van der Waals surface area contributed by atoms with E-state index in [1.54, 1.807) is 33.5 Å². The lowest BCUT2D eigenvalue weighted by molar-refractivity contribution is -0.154. The molecule has 3 aliphatic rings. The number of para-hydroxylation sites is 1. The molecule has 2 amide bonds. The highest BCUT2D eigenvalue weighted by Crippen LogP contribution is 2.66. The normalized spacial score (nSPS) is 27.9. The Morgan fingerprint density at radius 3 is 2.86 bits per heavy atom. The van der Waals surface area contributed by atoms with Crippen LogP contribution in [0, 0.1) is 11.8 Å². The molecular weight excluding hydrogens is 494 g/mol. The number of carbonyl (C=O) groups is 3. The number of aliphatic hydroxyl groups is 1. The Labute approximate surface area is 219 Å². The highest BCUT2D eigenvalue weighted by molar-refractivity contribution is 8.02. The predicted octanol–water partition coefficient (Wildman–Crippen LogP) is 1.61. The predicted molar refractivity (Wildman–Crippen MR) is 138 cm³/mol. The van der Waals surface area contributed by atoms with E-state index in [0.29, 0.717) is 18.4 Å². The summed E-state index contributed by atoms with van der Waals surface area (Å²) < 4.78 is 6.39. The molecule has 5 rings (SSSR count). The van der Waals surface area contributed by atoms with Gasteiger partial charge in [-0.2, -0.15) is 0 Å². The average Bonchev–Trinajstić information content (AvgIpc) is 3.64. The average molecular weight is 526 g/mol. The van der Waals surface area contributed by atoms with Crippen molar-refractivity contribution in [2.24, 2.45) is 11.8 Å². The maximum Gasteiger partial charge on any atom is 0.310 e. The van der Waals surface area contributed by atoms with Gasteiger partial charge in [0.05, 0.1) is 35.3 Å². The van der Waals surface area contributed by atoms with Gasteiger partial charge in [-0.05, 0) is 31.4 Å². The van der Waals surface area contributed by atoms with E-state index in [4.69, 9.17) is 4.74 Å². The summed E-state index contributed by atoms with van der Waals surface area (Å²) in [6.07, 6.45) is 5.21. The van der Waals surface area contributed by atoms with Crippen LogP contribution < -0.4 is 0 Å². The summed E-state index contributed by atoms with van der Waals surface area (Å²) in [6, 6.07) is 6.67. The molecule has 2 aromatic rings. The molecule has 2 unspecified atom stereocenters. The van der Waals surface area contributed by atoms with E-state index in [9.17, 15) is 19.5 Å². The fourth-order valence-electron chi connectivity index (χ4n) is 6.12. The molecule has 196 valence electrons. The van der Waals surface area contributed by atoms with E-state index in [1.165, 1.54) is 4.90 Å². The first-order valence-corrected chi connectivity index (χ1v) is 13.4. The van der Waals surface area contributed by atoms with Crippen LogP contribution in [0.15, 0.2) is 49.6 Å². The second-order valence-corrected chi connectivity index (χ2v) is 11.2. The Morgan fingerprint density at radius 2 is 2.11 bits per heavy atom. The summed E-state index contributed by atoms with van der Waals surface area (Å²) in [5, 5.41) is 18.1. The molecule has 4 heterocycles. The molecule has 0 radical (unpaired) electrons. The fourth-order valence-corrected chi connectivity index (χ4v) is 8.32. The molecule has 0 saturated carbocycles. The van der Waals surface area contributed by atoms with Crippen LogP contribution in [0.2, 0.25) is 0 Å². The zero-order valence-corrected chi connectivity index (χ0v) is 21.4. The number of esters is 1. The summed E-state index contributed by atoms with van der Waals surface area (Å²) in [5.41, 5.74) is 1.50. The van der Waals surface area contributed by atoms with Crippen molar-refractivity contribution < 1.29 is 24.2 Å². The molecule has 3 fully saturated rings. The van der Waals surface area contributed by atoms with Gasteiger partial charge in [0.1, 0.15) is 18.2 Å². The number of benzene rings is 1. The largest absolute Gasteiger partial charge is 0.465 e. The van der Waals surface area contributed by atoms with Crippen LogP contribution in [0.1, 0.15) is 19.3 Å². The van der Waals surface area contributed by atoms with Gasteiger partial charge in [0.2, 0.25) is 11.8 Å². The van der Waals surface area contributed by atoms with E-state index in [-0.39, 0.29) is 50.0 Å². The van der Waals surface area contributed by atoms with Gasteiger partial charge >= 0.3 is 5.97 Å². The Hall–Kier alpha value is -3.18.